The highest BCUT2D eigenvalue weighted by Crippen LogP contribution is 2.30. The molecule has 0 bridgehead atoms. The number of nitro benzene ring substituents is 1. The Kier molecular flexibility index (Phi) is 3.95. The molecule has 20 heavy (non-hydrogen) atoms. The Bertz CT molecular complexity index is 624. The quantitative estimate of drug-likeness (QED) is 0.682. The van der Waals surface area contributed by atoms with Crippen LogP contribution in [0.5, 0.6) is 11.6 Å². The molecule has 0 unspecified atom stereocenters. The van der Waals surface area contributed by atoms with Crippen molar-refractivity contribution in [3.63, 3.8) is 0 Å². The number of nitrogens with two attached hydrogens (primary N) is 1. The summed E-state index contributed by atoms with van der Waals surface area (Å²) in [5, 5.41) is 10.9. The third-order valence-corrected chi connectivity index (χ3v) is 2.95. The van der Waals surface area contributed by atoms with E-state index in [1.807, 2.05) is 13.0 Å². The molecule has 0 saturated heterocycles. The van der Waals surface area contributed by atoms with E-state index in [2.05, 4.69) is 4.98 Å². The van der Waals surface area contributed by atoms with Crippen molar-refractivity contribution in [2.24, 2.45) is 5.73 Å². The average Bonchev–Trinajstić information content (AvgIpc) is 2.41. The van der Waals surface area contributed by atoms with Crippen LogP contribution < -0.4 is 10.5 Å². The lowest BCUT2D eigenvalue weighted by Gasteiger charge is -2.09. The zero-order valence-corrected chi connectivity index (χ0v) is 11.2. The molecule has 0 amide bonds. The summed E-state index contributed by atoms with van der Waals surface area (Å²) in [6.07, 6.45) is 1.63. The van der Waals surface area contributed by atoms with Gasteiger partial charge in [0, 0.05) is 24.4 Å². The number of pyridine rings is 1. The number of hydrogen-bond acceptors (Lipinski definition) is 5. The molecular formula is C14H15N3O3. The molecule has 0 fully saturated rings. The Morgan fingerprint density at radius 1 is 1.35 bits per heavy atom. The van der Waals surface area contributed by atoms with Crippen LogP contribution in [0.25, 0.3) is 0 Å². The van der Waals surface area contributed by atoms with Gasteiger partial charge in [0.25, 0.3) is 5.69 Å². The Balaban J connectivity index is 2.26. The highest BCUT2D eigenvalue weighted by Gasteiger charge is 2.15. The van der Waals surface area contributed by atoms with Gasteiger partial charge in [-0.15, -0.1) is 0 Å². The van der Waals surface area contributed by atoms with Gasteiger partial charge >= 0.3 is 0 Å². The van der Waals surface area contributed by atoms with Crippen LogP contribution >= 0.6 is 0 Å². The first kappa shape index (κ1) is 14.0. The molecule has 1 aromatic heterocycles. The maximum atomic E-state index is 10.9. The fraction of sp³-hybridized carbons (Fsp3) is 0.214. The van der Waals surface area contributed by atoms with Crippen molar-refractivity contribution in [3.8, 4) is 11.6 Å². The van der Waals surface area contributed by atoms with Gasteiger partial charge < -0.3 is 10.5 Å². The van der Waals surface area contributed by atoms with Gasteiger partial charge in [0.1, 0.15) is 5.75 Å². The lowest BCUT2D eigenvalue weighted by molar-refractivity contribution is -0.385. The van der Waals surface area contributed by atoms with Crippen molar-refractivity contribution < 1.29 is 9.66 Å². The third-order valence-electron chi connectivity index (χ3n) is 2.95. The summed E-state index contributed by atoms with van der Waals surface area (Å²) in [4.78, 5) is 14.6. The van der Waals surface area contributed by atoms with Crippen LogP contribution in [0.2, 0.25) is 0 Å². The number of aromatic nitrogens is 1. The second kappa shape index (κ2) is 5.66. The van der Waals surface area contributed by atoms with E-state index >= 15 is 0 Å². The molecule has 104 valence electrons. The summed E-state index contributed by atoms with van der Waals surface area (Å²) in [6.45, 7) is 3.51. The predicted molar refractivity (Wildman–Crippen MR) is 74.7 cm³/mol. The van der Waals surface area contributed by atoms with Crippen LogP contribution in [0.4, 0.5) is 5.69 Å². The molecule has 0 aliphatic rings. The molecule has 2 N–H and O–H groups in total. The molecule has 0 aliphatic carbocycles. The van der Waals surface area contributed by atoms with Crippen LogP contribution in [-0.4, -0.2) is 9.91 Å². The molecule has 1 heterocycles. The zero-order valence-electron chi connectivity index (χ0n) is 11.2. The molecule has 0 aliphatic heterocycles. The van der Waals surface area contributed by atoms with Crippen molar-refractivity contribution in [2.45, 2.75) is 19.9 Å². The van der Waals surface area contributed by atoms with Gasteiger partial charge in [0.15, 0.2) is 0 Å². The maximum Gasteiger partial charge on any atom is 0.276 e. The number of ether oxygens (including phenoxy) is 1. The Labute approximate surface area is 116 Å². The third kappa shape index (κ3) is 2.92. The van der Waals surface area contributed by atoms with Gasteiger partial charge in [0.2, 0.25) is 5.88 Å². The maximum absolute atomic E-state index is 10.9. The van der Waals surface area contributed by atoms with E-state index in [0.717, 1.165) is 5.56 Å². The summed E-state index contributed by atoms with van der Waals surface area (Å²) >= 11 is 0. The molecule has 2 aromatic rings. The molecule has 2 rings (SSSR count). The number of nitrogens with zero attached hydrogens (tertiary/aromatic N) is 2. The van der Waals surface area contributed by atoms with Gasteiger partial charge in [-0.2, -0.15) is 0 Å². The van der Waals surface area contributed by atoms with E-state index in [4.69, 9.17) is 10.5 Å². The van der Waals surface area contributed by atoms with E-state index < -0.39 is 4.92 Å². The number of benzene rings is 1. The monoisotopic (exact) mass is 273 g/mol. The summed E-state index contributed by atoms with van der Waals surface area (Å²) < 4.78 is 5.58. The summed E-state index contributed by atoms with van der Waals surface area (Å²) in [5.41, 5.74) is 7.13. The molecule has 1 aromatic carbocycles. The minimum atomic E-state index is -0.436. The number of rotatable bonds is 4. The summed E-state index contributed by atoms with van der Waals surface area (Å²) in [5.74, 6) is 0.790. The van der Waals surface area contributed by atoms with Gasteiger partial charge in [-0.3, -0.25) is 10.1 Å². The minimum Gasteiger partial charge on any atom is -0.439 e. The Hall–Kier alpha value is -2.47. The van der Waals surface area contributed by atoms with Crippen molar-refractivity contribution in [1.82, 2.24) is 4.98 Å². The van der Waals surface area contributed by atoms with Crippen LogP contribution in [-0.2, 0) is 0 Å². The molecular weight excluding hydrogens is 258 g/mol. The zero-order chi connectivity index (χ0) is 14.7. The lowest BCUT2D eigenvalue weighted by Crippen LogP contribution is -2.05. The smallest absolute Gasteiger partial charge is 0.276 e. The Morgan fingerprint density at radius 2 is 2.10 bits per heavy atom. The second-order valence-corrected chi connectivity index (χ2v) is 4.48. The largest absolute Gasteiger partial charge is 0.439 e. The van der Waals surface area contributed by atoms with Gasteiger partial charge in [0.05, 0.1) is 10.5 Å². The first-order valence-corrected chi connectivity index (χ1v) is 6.12. The summed E-state index contributed by atoms with van der Waals surface area (Å²) in [6, 6.07) is 8.10. The van der Waals surface area contributed by atoms with Crippen LogP contribution in [0.15, 0.2) is 36.5 Å². The number of nitro groups is 1. The average molecular weight is 273 g/mol. The van der Waals surface area contributed by atoms with Crippen LogP contribution in [0, 0.1) is 17.0 Å². The number of hydrogen-bond donors (Lipinski definition) is 1. The molecule has 1 atom stereocenters. The van der Waals surface area contributed by atoms with E-state index in [-0.39, 0.29) is 11.7 Å². The van der Waals surface area contributed by atoms with E-state index in [9.17, 15) is 10.1 Å². The molecule has 0 saturated carbocycles. The van der Waals surface area contributed by atoms with Crippen molar-refractivity contribution in [2.75, 3.05) is 0 Å². The lowest BCUT2D eigenvalue weighted by atomic mass is 10.1. The topological polar surface area (TPSA) is 91.3 Å². The minimum absolute atomic E-state index is 0.0229. The van der Waals surface area contributed by atoms with Gasteiger partial charge in [-0.25, -0.2) is 4.98 Å². The van der Waals surface area contributed by atoms with E-state index in [1.54, 1.807) is 31.3 Å². The molecule has 6 nitrogen and oxygen atoms in total. The van der Waals surface area contributed by atoms with Crippen LogP contribution in [0.1, 0.15) is 24.1 Å². The standard InChI is InChI=1S/C14H15N3O3/c1-9-12(17(18)19)4-3-5-13(9)20-14-7-6-11(8-16-14)10(2)15/h3-8,10H,15H2,1-2H3/t10-/m1/s1. The normalized spacial score (nSPS) is 11.9. The molecule has 0 radical (unpaired) electrons. The second-order valence-electron chi connectivity index (χ2n) is 4.48. The first-order chi connectivity index (χ1) is 9.49. The Morgan fingerprint density at radius 3 is 2.65 bits per heavy atom. The van der Waals surface area contributed by atoms with Crippen molar-refractivity contribution in [1.29, 1.82) is 0 Å². The summed E-state index contributed by atoms with van der Waals surface area (Å²) in [7, 11) is 0. The fourth-order valence-electron chi connectivity index (χ4n) is 1.75. The predicted octanol–water partition coefficient (Wildman–Crippen LogP) is 3.11. The first-order valence-electron chi connectivity index (χ1n) is 6.12. The van der Waals surface area contributed by atoms with Gasteiger partial charge in [-0.1, -0.05) is 12.1 Å². The van der Waals surface area contributed by atoms with Crippen molar-refractivity contribution in [3.05, 3.63) is 57.8 Å². The highest BCUT2D eigenvalue weighted by molar-refractivity contribution is 5.49. The van der Waals surface area contributed by atoms with Crippen LogP contribution in [0.3, 0.4) is 0 Å². The molecule has 6 heteroatoms. The van der Waals surface area contributed by atoms with Gasteiger partial charge in [-0.05, 0) is 25.5 Å². The van der Waals surface area contributed by atoms with E-state index in [0.29, 0.717) is 17.2 Å². The highest BCUT2D eigenvalue weighted by atomic mass is 16.6. The molecule has 0 spiro atoms. The van der Waals surface area contributed by atoms with Crippen molar-refractivity contribution >= 4 is 5.69 Å². The SMILES string of the molecule is Cc1c(Oc2ccc([C@@H](C)N)cn2)cccc1[N+](=O)[O-]. The fourth-order valence-corrected chi connectivity index (χ4v) is 1.75. The van der Waals surface area contributed by atoms with E-state index in [1.165, 1.54) is 6.07 Å².